The molecule has 0 aromatic carbocycles. The predicted molar refractivity (Wildman–Crippen MR) is 72.0 cm³/mol. The summed E-state index contributed by atoms with van der Waals surface area (Å²) in [7, 11) is 0. The fraction of sp³-hybridized carbons (Fsp3) is 0.750. The summed E-state index contributed by atoms with van der Waals surface area (Å²) in [6.07, 6.45) is 0.0181. The Labute approximate surface area is 118 Å². The van der Waals surface area contributed by atoms with Gasteiger partial charge in [0.05, 0.1) is 12.5 Å². The summed E-state index contributed by atoms with van der Waals surface area (Å²) < 4.78 is 0. The molecule has 0 rings (SSSR count). The van der Waals surface area contributed by atoms with Gasteiger partial charge in [-0.2, -0.15) is 0 Å². The molecule has 118 valence electrons. The minimum atomic E-state index is -1.09. The number of aliphatic hydroxyl groups is 1. The van der Waals surface area contributed by atoms with Gasteiger partial charge in [-0.3, -0.25) is 14.4 Å². The zero-order valence-electron chi connectivity index (χ0n) is 12.0. The van der Waals surface area contributed by atoms with Gasteiger partial charge >= 0.3 is 11.9 Å². The normalized spacial score (nSPS) is 14.2. The number of carboxylic acid groups (broad SMARTS) is 2. The van der Waals surface area contributed by atoms with Crippen molar-refractivity contribution in [3.63, 3.8) is 0 Å². The number of aliphatic hydroxyl groups excluding tert-OH is 1. The van der Waals surface area contributed by atoms with Crippen LogP contribution < -0.4 is 11.1 Å². The van der Waals surface area contributed by atoms with E-state index in [4.69, 9.17) is 21.1 Å². The van der Waals surface area contributed by atoms with E-state index in [1.807, 2.05) is 13.8 Å². The van der Waals surface area contributed by atoms with Crippen LogP contribution in [0.4, 0.5) is 0 Å². The number of carboxylic acids is 2. The topological polar surface area (TPSA) is 150 Å². The highest BCUT2D eigenvalue weighted by Gasteiger charge is 2.17. The van der Waals surface area contributed by atoms with E-state index >= 15 is 0 Å². The Balaban J connectivity index is 0. The molecule has 0 radical (unpaired) electrons. The van der Waals surface area contributed by atoms with Gasteiger partial charge in [0, 0.05) is 0 Å². The third kappa shape index (κ3) is 12.8. The lowest BCUT2D eigenvalue weighted by atomic mass is 10.0. The highest BCUT2D eigenvalue weighted by Crippen LogP contribution is 2.04. The summed E-state index contributed by atoms with van der Waals surface area (Å²) in [6.45, 7) is 4.82. The van der Waals surface area contributed by atoms with Gasteiger partial charge in [-0.05, 0) is 12.8 Å². The minimum Gasteiger partial charge on any atom is -0.480 e. The molecule has 0 aliphatic heterocycles. The molecule has 0 bridgehead atoms. The van der Waals surface area contributed by atoms with Crippen LogP contribution in [0.1, 0.15) is 33.6 Å². The Morgan fingerprint density at radius 2 is 1.70 bits per heavy atom. The van der Waals surface area contributed by atoms with Crippen molar-refractivity contribution in [2.24, 2.45) is 11.7 Å². The van der Waals surface area contributed by atoms with Gasteiger partial charge in [0.2, 0.25) is 5.91 Å². The molecule has 0 saturated carbocycles. The van der Waals surface area contributed by atoms with Crippen LogP contribution in [0, 0.1) is 5.92 Å². The molecule has 0 aromatic heterocycles. The molecule has 3 atom stereocenters. The summed E-state index contributed by atoms with van der Waals surface area (Å²) in [5.41, 5.74) is 5.27. The molecular formula is C12H24N2O6. The second-order valence-corrected chi connectivity index (χ2v) is 4.47. The fourth-order valence-corrected chi connectivity index (χ4v) is 1.01. The standard InChI is InChI=1S/C6H11NO4.C6H13NO2/c1-4(8)2-5(9)7-3-6(10)11;1-3-4(2)5(7)6(8)9/h4,8H,2-3H2,1H3,(H,7,9)(H,10,11);4-5H,3,7H2,1-2H3,(H,8,9). The van der Waals surface area contributed by atoms with Crippen molar-refractivity contribution in [3.05, 3.63) is 0 Å². The van der Waals surface area contributed by atoms with E-state index in [2.05, 4.69) is 5.32 Å². The number of aliphatic carboxylic acids is 2. The zero-order valence-corrected chi connectivity index (χ0v) is 12.0. The van der Waals surface area contributed by atoms with Gasteiger partial charge in [0.25, 0.3) is 0 Å². The first kappa shape index (κ1) is 20.6. The van der Waals surface area contributed by atoms with Crippen LogP contribution >= 0.6 is 0 Å². The second-order valence-electron chi connectivity index (χ2n) is 4.47. The van der Waals surface area contributed by atoms with Gasteiger partial charge < -0.3 is 26.4 Å². The number of carbonyl (C=O) groups is 3. The molecular weight excluding hydrogens is 268 g/mol. The summed E-state index contributed by atoms with van der Waals surface area (Å²) in [6, 6.07) is -0.699. The number of amides is 1. The van der Waals surface area contributed by atoms with Crippen molar-refractivity contribution in [1.82, 2.24) is 5.32 Å². The molecule has 20 heavy (non-hydrogen) atoms. The maximum Gasteiger partial charge on any atom is 0.322 e. The number of hydrogen-bond acceptors (Lipinski definition) is 5. The van der Waals surface area contributed by atoms with E-state index in [-0.39, 0.29) is 12.3 Å². The Kier molecular flexibility index (Phi) is 11.5. The predicted octanol–water partition coefficient (Wildman–Crippen LogP) is -0.597. The number of carbonyl (C=O) groups excluding carboxylic acids is 1. The van der Waals surface area contributed by atoms with Gasteiger partial charge in [-0.15, -0.1) is 0 Å². The molecule has 0 saturated heterocycles. The lowest BCUT2D eigenvalue weighted by molar-refractivity contribution is -0.140. The molecule has 8 nitrogen and oxygen atoms in total. The third-order valence-corrected chi connectivity index (χ3v) is 2.46. The van der Waals surface area contributed by atoms with Crippen molar-refractivity contribution in [1.29, 1.82) is 0 Å². The van der Waals surface area contributed by atoms with Gasteiger partial charge in [0.15, 0.2) is 0 Å². The molecule has 1 amide bonds. The number of nitrogens with one attached hydrogen (secondary N) is 1. The second kappa shape index (κ2) is 11.2. The summed E-state index contributed by atoms with van der Waals surface area (Å²) >= 11 is 0. The van der Waals surface area contributed by atoms with Crippen LogP contribution in [0.15, 0.2) is 0 Å². The monoisotopic (exact) mass is 292 g/mol. The van der Waals surface area contributed by atoms with Crippen LogP contribution in [0.3, 0.4) is 0 Å². The van der Waals surface area contributed by atoms with Crippen molar-refractivity contribution in [2.75, 3.05) is 6.54 Å². The third-order valence-electron chi connectivity index (χ3n) is 2.46. The molecule has 0 aliphatic rings. The Morgan fingerprint density at radius 3 is 1.95 bits per heavy atom. The van der Waals surface area contributed by atoms with Crippen molar-refractivity contribution >= 4 is 17.8 Å². The van der Waals surface area contributed by atoms with E-state index in [0.717, 1.165) is 6.42 Å². The van der Waals surface area contributed by atoms with Crippen LogP contribution in [-0.4, -0.2) is 51.9 Å². The SMILES string of the molecule is CC(O)CC(=O)NCC(=O)O.CCC(C)C(N)C(=O)O. The van der Waals surface area contributed by atoms with E-state index in [9.17, 15) is 14.4 Å². The quantitative estimate of drug-likeness (QED) is 0.420. The smallest absolute Gasteiger partial charge is 0.322 e. The lowest BCUT2D eigenvalue weighted by Crippen LogP contribution is -2.36. The van der Waals surface area contributed by atoms with Gasteiger partial charge in [-0.1, -0.05) is 20.3 Å². The minimum absolute atomic E-state index is 0.0622. The largest absolute Gasteiger partial charge is 0.480 e. The first-order valence-corrected chi connectivity index (χ1v) is 6.26. The van der Waals surface area contributed by atoms with Crippen LogP contribution in [0.5, 0.6) is 0 Å². The van der Waals surface area contributed by atoms with Gasteiger partial charge in [0.1, 0.15) is 12.6 Å². The molecule has 8 heteroatoms. The van der Waals surface area contributed by atoms with Crippen molar-refractivity contribution < 1.29 is 29.7 Å². The molecule has 0 aromatic rings. The van der Waals surface area contributed by atoms with Gasteiger partial charge in [-0.25, -0.2) is 0 Å². The Bertz CT molecular complexity index is 319. The highest BCUT2D eigenvalue weighted by atomic mass is 16.4. The zero-order chi connectivity index (χ0) is 16.3. The first-order chi connectivity index (χ1) is 9.11. The number of hydrogen-bond donors (Lipinski definition) is 5. The van der Waals surface area contributed by atoms with E-state index in [0.29, 0.717) is 0 Å². The molecule has 0 fully saturated rings. The summed E-state index contributed by atoms with van der Waals surface area (Å²) in [5, 5.41) is 27.3. The van der Waals surface area contributed by atoms with Crippen LogP contribution in [0.25, 0.3) is 0 Å². The molecule has 0 spiro atoms. The van der Waals surface area contributed by atoms with Crippen molar-refractivity contribution in [3.8, 4) is 0 Å². The maximum atomic E-state index is 10.6. The highest BCUT2D eigenvalue weighted by molar-refractivity contribution is 5.81. The van der Waals surface area contributed by atoms with Crippen LogP contribution in [-0.2, 0) is 14.4 Å². The fourth-order valence-electron chi connectivity index (χ4n) is 1.01. The van der Waals surface area contributed by atoms with Crippen LogP contribution in [0.2, 0.25) is 0 Å². The van der Waals surface area contributed by atoms with E-state index in [1.54, 1.807) is 0 Å². The molecule has 6 N–H and O–H groups in total. The lowest BCUT2D eigenvalue weighted by Gasteiger charge is -2.11. The molecule has 3 unspecified atom stereocenters. The summed E-state index contributed by atoms with van der Waals surface area (Å²) in [5.74, 6) is -2.39. The maximum absolute atomic E-state index is 10.6. The molecule has 0 aliphatic carbocycles. The Hall–Kier alpha value is -1.67. The summed E-state index contributed by atoms with van der Waals surface area (Å²) in [4.78, 5) is 30.7. The number of rotatable bonds is 7. The van der Waals surface area contributed by atoms with E-state index < -0.39 is 36.5 Å². The molecule has 0 heterocycles. The van der Waals surface area contributed by atoms with Crippen molar-refractivity contribution in [2.45, 2.75) is 45.8 Å². The Morgan fingerprint density at radius 1 is 1.20 bits per heavy atom. The number of nitrogens with two attached hydrogens (primary N) is 1. The average molecular weight is 292 g/mol. The average Bonchev–Trinajstić information content (AvgIpc) is 2.34. The van der Waals surface area contributed by atoms with E-state index in [1.165, 1.54) is 6.92 Å². The first-order valence-electron chi connectivity index (χ1n) is 6.26.